The lowest BCUT2D eigenvalue weighted by Gasteiger charge is -2.19. The number of nitrogens with zero attached hydrogens (tertiary/aromatic N) is 3. The molecule has 0 bridgehead atoms. The molecule has 1 aromatic carbocycles. The summed E-state index contributed by atoms with van der Waals surface area (Å²) in [4.78, 5) is 14.3. The molecule has 5 heteroatoms. The summed E-state index contributed by atoms with van der Waals surface area (Å²) in [5, 5.41) is 5.07. The van der Waals surface area contributed by atoms with E-state index >= 15 is 0 Å². The molecule has 134 valence electrons. The van der Waals surface area contributed by atoms with Gasteiger partial charge in [-0.25, -0.2) is 4.68 Å². The van der Waals surface area contributed by atoms with E-state index in [4.69, 9.17) is 11.6 Å². The zero-order valence-electron chi connectivity index (χ0n) is 15.2. The molecule has 1 heterocycles. The maximum absolute atomic E-state index is 12.4. The zero-order valence-corrected chi connectivity index (χ0v) is 16.0. The van der Waals surface area contributed by atoms with E-state index in [1.54, 1.807) is 16.8 Å². The van der Waals surface area contributed by atoms with Crippen LogP contribution in [0.4, 0.5) is 0 Å². The number of hydrogen-bond acceptors (Lipinski definition) is 2. The first-order chi connectivity index (χ1) is 12.1. The number of hydrogen-bond donors (Lipinski definition) is 0. The highest BCUT2D eigenvalue weighted by molar-refractivity contribution is 6.31. The van der Waals surface area contributed by atoms with Crippen LogP contribution in [0.2, 0.25) is 5.15 Å². The normalized spacial score (nSPS) is 11.2. The molecule has 1 amide bonds. The summed E-state index contributed by atoms with van der Waals surface area (Å²) < 4.78 is 1.77. The van der Waals surface area contributed by atoms with Crippen molar-refractivity contribution in [3.8, 4) is 0 Å². The third-order valence-electron chi connectivity index (χ3n) is 3.98. The first-order valence-electron chi connectivity index (χ1n) is 8.80. The van der Waals surface area contributed by atoms with Crippen molar-refractivity contribution in [2.45, 2.75) is 40.2 Å². The van der Waals surface area contributed by atoms with Crippen molar-refractivity contribution in [1.29, 1.82) is 0 Å². The number of amides is 1. The molecular weight excluding hydrogens is 334 g/mol. The molecule has 0 unspecified atom stereocenters. The second-order valence-electron chi connectivity index (χ2n) is 6.09. The predicted molar refractivity (Wildman–Crippen MR) is 104 cm³/mol. The van der Waals surface area contributed by atoms with E-state index in [1.807, 2.05) is 42.2 Å². The van der Waals surface area contributed by atoms with Gasteiger partial charge in [-0.05, 0) is 31.4 Å². The molecule has 2 rings (SSSR count). The van der Waals surface area contributed by atoms with Crippen LogP contribution in [0, 0.1) is 6.92 Å². The van der Waals surface area contributed by atoms with Crippen LogP contribution in [0.25, 0.3) is 6.08 Å². The van der Waals surface area contributed by atoms with Gasteiger partial charge in [-0.1, -0.05) is 55.8 Å². The van der Waals surface area contributed by atoms with Crippen LogP contribution < -0.4 is 0 Å². The Balaban J connectivity index is 2.15. The van der Waals surface area contributed by atoms with Gasteiger partial charge in [-0.2, -0.15) is 5.10 Å². The number of aromatic nitrogens is 2. The van der Waals surface area contributed by atoms with Gasteiger partial charge in [0.15, 0.2) is 0 Å². The molecule has 0 fully saturated rings. The average molecular weight is 360 g/mol. The molecule has 0 spiro atoms. The van der Waals surface area contributed by atoms with Gasteiger partial charge in [0, 0.05) is 24.7 Å². The van der Waals surface area contributed by atoms with Gasteiger partial charge < -0.3 is 4.90 Å². The van der Waals surface area contributed by atoms with E-state index in [-0.39, 0.29) is 5.91 Å². The van der Waals surface area contributed by atoms with E-state index in [1.165, 1.54) is 0 Å². The lowest BCUT2D eigenvalue weighted by atomic mass is 10.2. The summed E-state index contributed by atoms with van der Waals surface area (Å²) in [5.74, 6) is 0.0231. The molecule has 25 heavy (non-hydrogen) atoms. The van der Waals surface area contributed by atoms with Crippen LogP contribution in [-0.4, -0.2) is 33.7 Å². The fraction of sp³-hybridized carbons (Fsp3) is 0.400. The Bertz CT molecular complexity index is 716. The largest absolute Gasteiger partial charge is 0.339 e. The highest BCUT2D eigenvalue weighted by atomic mass is 35.5. The van der Waals surface area contributed by atoms with Crippen molar-refractivity contribution < 1.29 is 4.79 Å². The third kappa shape index (κ3) is 5.20. The lowest BCUT2D eigenvalue weighted by Crippen LogP contribution is -2.30. The molecule has 0 N–H and O–H groups in total. The van der Waals surface area contributed by atoms with E-state index < -0.39 is 0 Å². The molecule has 1 aromatic heterocycles. The Kier molecular flexibility index (Phi) is 7.26. The topological polar surface area (TPSA) is 38.1 Å². The van der Waals surface area contributed by atoms with Gasteiger partial charge in [-0.15, -0.1) is 0 Å². The first kappa shape index (κ1) is 19.3. The smallest absolute Gasteiger partial charge is 0.246 e. The highest BCUT2D eigenvalue weighted by Crippen LogP contribution is 2.22. The van der Waals surface area contributed by atoms with Crippen LogP contribution in [0.5, 0.6) is 0 Å². The predicted octanol–water partition coefficient (Wildman–Crippen LogP) is 4.56. The SMILES string of the molecule is CCCN(CCC)C(=O)/C=C/c1c(C)nn(Cc2ccccc2)c1Cl. The molecule has 0 aliphatic heterocycles. The molecule has 2 aromatic rings. The number of benzene rings is 1. The van der Waals surface area contributed by atoms with Gasteiger partial charge in [0.05, 0.1) is 12.2 Å². The van der Waals surface area contributed by atoms with Crippen LogP contribution >= 0.6 is 11.6 Å². The van der Waals surface area contributed by atoms with Crippen molar-refractivity contribution in [3.05, 3.63) is 58.4 Å². The van der Waals surface area contributed by atoms with Gasteiger partial charge in [0.25, 0.3) is 0 Å². The minimum atomic E-state index is 0.0231. The Hall–Kier alpha value is -2.07. The number of carbonyl (C=O) groups excluding carboxylic acids is 1. The van der Waals surface area contributed by atoms with Gasteiger partial charge in [0.2, 0.25) is 5.91 Å². The summed E-state index contributed by atoms with van der Waals surface area (Å²) >= 11 is 6.49. The standard InChI is InChI=1S/C20H26ClN3O/c1-4-13-23(14-5-2)19(25)12-11-18-16(3)22-24(20(18)21)15-17-9-7-6-8-10-17/h6-12H,4-5,13-15H2,1-3H3/b12-11+. The van der Waals surface area contributed by atoms with Crippen LogP contribution in [0.1, 0.15) is 43.5 Å². The van der Waals surface area contributed by atoms with Gasteiger partial charge in [-0.3, -0.25) is 4.79 Å². The Morgan fingerprint density at radius 1 is 1.20 bits per heavy atom. The van der Waals surface area contributed by atoms with Crippen molar-refractivity contribution in [2.75, 3.05) is 13.1 Å². The van der Waals surface area contributed by atoms with E-state index in [2.05, 4.69) is 18.9 Å². The van der Waals surface area contributed by atoms with Crippen molar-refractivity contribution in [1.82, 2.24) is 14.7 Å². The lowest BCUT2D eigenvalue weighted by molar-refractivity contribution is -0.126. The summed E-state index contributed by atoms with van der Waals surface area (Å²) in [6, 6.07) is 10.1. The van der Waals surface area contributed by atoms with Crippen LogP contribution in [0.15, 0.2) is 36.4 Å². The van der Waals surface area contributed by atoms with E-state index in [0.717, 1.165) is 42.8 Å². The summed E-state index contributed by atoms with van der Waals surface area (Å²) in [6.45, 7) is 8.23. The number of aryl methyl sites for hydroxylation is 1. The Labute approximate surface area is 155 Å². The highest BCUT2D eigenvalue weighted by Gasteiger charge is 2.13. The third-order valence-corrected chi connectivity index (χ3v) is 4.37. The molecule has 4 nitrogen and oxygen atoms in total. The molecule has 0 radical (unpaired) electrons. The minimum absolute atomic E-state index is 0.0231. The van der Waals surface area contributed by atoms with E-state index in [9.17, 15) is 4.79 Å². The van der Waals surface area contributed by atoms with E-state index in [0.29, 0.717) is 11.7 Å². The van der Waals surface area contributed by atoms with Crippen molar-refractivity contribution in [2.24, 2.45) is 0 Å². The molecule has 0 saturated carbocycles. The maximum atomic E-state index is 12.4. The molecule has 0 aliphatic rings. The maximum Gasteiger partial charge on any atom is 0.246 e. The molecule has 0 atom stereocenters. The number of rotatable bonds is 8. The van der Waals surface area contributed by atoms with Crippen LogP contribution in [-0.2, 0) is 11.3 Å². The fourth-order valence-electron chi connectivity index (χ4n) is 2.75. The fourth-order valence-corrected chi connectivity index (χ4v) is 3.05. The van der Waals surface area contributed by atoms with Crippen LogP contribution in [0.3, 0.4) is 0 Å². The average Bonchev–Trinajstić information content (AvgIpc) is 2.87. The zero-order chi connectivity index (χ0) is 18.2. The van der Waals surface area contributed by atoms with Gasteiger partial charge in [0.1, 0.15) is 5.15 Å². The summed E-state index contributed by atoms with van der Waals surface area (Å²) in [5.41, 5.74) is 2.76. The van der Waals surface area contributed by atoms with Gasteiger partial charge >= 0.3 is 0 Å². The van der Waals surface area contributed by atoms with Crippen molar-refractivity contribution in [3.63, 3.8) is 0 Å². The summed E-state index contributed by atoms with van der Waals surface area (Å²) in [7, 11) is 0. The second kappa shape index (κ2) is 9.42. The summed E-state index contributed by atoms with van der Waals surface area (Å²) in [6.07, 6.45) is 5.30. The number of carbonyl (C=O) groups is 1. The quantitative estimate of drug-likeness (QED) is 0.648. The minimum Gasteiger partial charge on any atom is -0.339 e. The first-order valence-corrected chi connectivity index (χ1v) is 9.18. The molecular formula is C20H26ClN3O. The number of halogens is 1. The van der Waals surface area contributed by atoms with Crippen molar-refractivity contribution >= 4 is 23.6 Å². The Morgan fingerprint density at radius 3 is 2.44 bits per heavy atom. The Morgan fingerprint density at radius 2 is 1.84 bits per heavy atom. The second-order valence-corrected chi connectivity index (χ2v) is 6.45. The molecule has 0 saturated heterocycles. The molecule has 0 aliphatic carbocycles. The monoisotopic (exact) mass is 359 g/mol.